The Labute approximate surface area is 116 Å². The summed E-state index contributed by atoms with van der Waals surface area (Å²) in [5, 5.41) is 0. The number of halogens is 2. The van der Waals surface area contributed by atoms with Crippen molar-refractivity contribution in [2.45, 2.75) is 6.43 Å². The number of nitrogens with two attached hydrogens (primary N) is 1. The molecule has 0 amide bonds. The number of methoxy groups -OCH3 is 1. The normalized spacial score (nSPS) is 10.7. The van der Waals surface area contributed by atoms with Gasteiger partial charge in [0.25, 0.3) is 6.43 Å². The van der Waals surface area contributed by atoms with Gasteiger partial charge < -0.3 is 15.4 Å². The van der Waals surface area contributed by atoms with Gasteiger partial charge in [0.15, 0.2) is 0 Å². The van der Waals surface area contributed by atoms with Gasteiger partial charge >= 0.3 is 0 Å². The molecule has 0 atom stereocenters. The molecule has 0 unspecified atom stereocenters. The lowest BCUT2D eigenvalue weighted by atomic mass is 10.1. The number of benzene rings is 2. The summed E-state index contributed by atoms with van der Waals surface area (Å²) in [5.74, 6) is 0.670. The second-order valence-corrected chi connectivity index (χ2v) is 4.38. The minimum absolute atomic E-state index is 0.0877. The Hall–Kier alpha value is -2.30. The van der Waals surface area contributed by atoms with E-state index < -0.39 is 6.43 Å². The molecule has 0 aliphatic rings. The standard InChI is InChI=1S/C15H16F2N2O/c1-19(11-4-3-5-12(9-11)20-2)14-7-6-10(18)8-13(14)15(16)17/h3-9,15H,18H2,1-2H3. The fourth-order valence-corrected chi connectivity index (χ4v) is 2.01. The Kier molecular flexibility index (Phi) is 4.08. The molecule has 106 valence electrons. The molecule has 0 fully saturated rings. The van der Waals surface area contributed by atoms with Crippen molar-refractivity contribution in [1.82, 2.24) is 0 Å². The third kappa shape index (κ3) is 2.82. The first-order valence-electron chi connectivity index (χ1n) is 6.08. The molecule has 0 heterocycles. The van der Waals surface area contributed by atoms with Crippen molar-refractivity contribution >= 4 is 17.1 Å². The molecule has 2 rings (SSSR count). The van der Waals surface area contributed by atoms with Crippen molar-refractivity contribution in [2.75, 3.05) is 24.8 Å². The third-order valence-corrected chi connectivity index (χ3v) is 3.09. The average Bonchev–Trinajstić information content (AvgIpc) is 2.46. The predicted octanol–water partition coefficient (Wildman–Crippen LogP) is 3.98. The molecule has 2 aromatic rings. The molecule has 2 N–H and O–H groups in total. The van der Waals surface area contributed by atoms with E-state index in [0.717, 1.165) is 5.69 Å². The summed E-state index contributed by atoms with van der Waals surface area (Å²) in [7, 11) is 3.29. The first-order chi connectivity index (χ1) is 9.52. The van der Waals surface area contributed by atoms with Gasteiger partial charge in [-0.05, 0) is 30.3 Å². The summed E-state index contributed by atoms with van der Waals surface area (Å²) < 4.78 is 31.4. The zero-order chi connectivity index (χ0) is 14.7. The maximum Gasteiger partial charge on any atom is 0.265 e. The number of hydrogen-bond acceptors (Lipinski definition) is 3. The molecule has 0 saturated carbocycles. The maximum absolute atomic E-state index is 13.1. The zero-order valence-corrected chi connectivity index (χ0v) is 11.3. The summed E-state index contributed by atoms with van der Waals surface area (Å²) in [4.78, 5) is 1.68. The zero-order valence-electron chi connectivity index (χ0n) is 11.3. The molecule has 0 spiro atoms. The lowest BCUT2D eigenvalue weighted by Crippen LogP contribution is -2.12. The van der Waals surface area contributed by atoms with Crippen LogP contribution in [0.4, 0.5) is 25.8 Å². The Morgan fingerprint density at radius 3 is 2.55 bits per heavy atom. The van der Waals surface area contributed by atoms with E-state index in [1.807, 2.05) is 12.1 Å². The quantitative estimate of drug-likeness (QED) is 0.860. The van der Waals surface area contributed by atoms with Crippen molar-refractivity contribution in [3.05, 3.63) is 48.0 Å². The lowest BCUT2D eigenvalue weighted by molar-refractivity contribution is 0.152. The second kappa shape index (κ2) is 5.77. The number of ether oxygens (including phenoxy) is 1. The molecule has 0 aliphatic carbocycles. The van der Waals surface area contributed by atoms with Crippen LogP contribution in [0.1, 0.15) is 12.0 Å². The SMILES string of the molecule is COc1cccc(N(C)c2ccc(N)cc2C(F)F)c1. The number of hydrogen-bond donors (Lipinski definition) is 1. The van der Waals surface area contributed by atoms with Gasteiger partial charge in [0.05, 0.1) is 7.11 Å². The fourth-order valence-electron chi connectivity index (χ4n) is 2.01. The third-order valence-electron chi connectivity index (χ3n) is 3.09. The first-order valence-corrected chi connectivity index (χ1v) is 6.08. The Morgan fingerprint density at radius 1 is 1.15 bits per heavy atom. The van der Waals surface area contributed by atoms with E-state index >= 15 is 0 Å². The summed E-state index contributed by atoms with van der Waals surface area (Å²) in [5.41, 5.74) is 6.99. The van der Waals surface area contributed by atoms with Crippen LogP contribution in [0.5, 0.6) is 5.75 Å². The summed E-state index contributed by atoms with van der Waals surface area (Å²) >= 11 is 0. The number of alkyl halides is 2. The minimum Gasteiger partial charge on any atom is -0.497 e. The number of nitrogens with zero attached hydrogens (tertiary/aromatic N) is 1. The molecule has 2 aromatic carbocycles. The lowest BCUT2D eigenvalue weighted by Gasteiger charge is -2.23. The molecular weight excluding hydrogens is 262 g/mol. The van der Waals surface area contributed by atoms with E-state index in [-0.39, 0.29) is 5.56 Å². The van der Waals surface area contributed by atoms with Crippen molar-refractivity contribution in [3.8, 4) is 5.75 Å². The number of nitrogen functional groups attached to an aromatic ring is 1. The molecule has 0 bridgehead atoms. The molecule has 0 radical (unpaired) electrons. The highest BCUT2D eigenvalue weighted by molar-refractivity contribution is 5.69. The van der Waals surface area contributed by atoms with E-state index in [1.54, 1.807) is 43.3 Å². The van der Waals surface area contributed by atoms with Crippen molar-refractivity contribution < 1.29 is 13.5 Å². The van der Waals surface area contributed by atoms with Crippen LogP contribution in [0, 0.1) is 0 Å². The largest absolute Gasteiger partial charge is 0.497 e. The maximum atomic E-state index is 13.1. The highest BCUT2D eigenvalue weighted by atomic mass is 19.3. The van der Waals surface area contributed by atoms with Crippen molar-refractivity contribution in [3.63, 3.8) is 0 Å². The van der Waals surface area contributed by atoms with Gasteiger partial charge in [0, 0.05) is 35.7 Å². The fraction of sp³-hybridized carbons (Fsp3) is 0.200. The van der Waals surface area contributed by atoms with Crippen LogP contribution in [0.3, 0.4) is 0 Å². The average molecular weight is 278 g/mol. The molecule has 5 heteroatoms. The van der Waals surface area contributed by atoms with Gasteiger partial charge in [-0.2, -0.15) is 0 Å². The van der Waals surface area contributed by atoms with Crippen LogP contribution in [0.2, 0.25) is 0 Å². The highest BCUT2D eigenvalue weighted by Gasteiger charge is 2.17. The van der Waals surface area contributed by atoms with Crippen LogP contribution < -0.4 is 15.4 Å². The number of rotatable bonds is 4. The van der Waals surface area contributed by atoms with E-state index in [1.165, 1.54) is 6.07 Å². The van der Waals surface area contributed by atoms with Gasteiger partial charge in [0.1, 0.15) is 5.75 Å². The van der Waals surface area contributed by atoms with Gasteiger partial charge in [0.2, 0.25) is 0 Å². The molecule has 0 aliphatic heterocycles. The molecule has 0 saturated heterocycles. The minimum atomic E-state index is -2.58. The van der Waals surface area contributed by atoms with Crippen molar-refractivity contribution in [2.24, 2.45) is 0 Å². The highest BCUT2D eigenvalue weighted by Crippen LogP contribution is 2.35. The van der Waals surface area contributed by atoms with Crippen LogP contribution >= 0.6 is 0 Å². The van der Waals surface area contributed by atoms with Gasteiger partial charge in [-0.3, -0.25) is 0 Å². The first kappa shape index (κ1) is 14.1. The summed E-state index contributed by atoms with van der Waals surface area (Å²) in [6.45, 7) is 0. The number of anilines is 3. The van der Waals surface area contributed by atoms with E-state index in [2.05, 4.69) is 0 Å². The van der Waals surface area contributed by atoms with Gasteiger partial charge in [-0.1, -0.05) is 6.07 Å². The van der Waals surface area contributed by atoms with Crippen molar-refractivity contribution in [1.29, 1.82) is 0 Å². The van der Waals surface area contributed by atoms with E-state index in [0.29, 0.717) is 17.1 Å². The molecule has 0 aromatic heterocycles. The smallest absolute Gasteiger partial charge is 0.265 e. The van der Waals surface area contributed by atoms with E-state index in [9.17, 15) is 8.78 Å². The Balaban J connectivity index is 2.44. The topological polar surface area (TPSA) is 38.5 Å². The van der Waals surface area contributed by atoms with Crippen LogP contribution in [-0.4, -0.2) is 14.2 Å². The monoisotopic (exact) mass is 278 g/mol. The molecule has 3 nitrogen and oxygen atoms in total. The van der Waals surface area contributed by atoms with Gasteiger partial charge in [-0.15, -0.1) is 0 Å². The van der Waals surface area contributed by atoms with Crippen LogP contribution in [0.15, 0.2) is 42.5 Å². The summed E-state index contributed by atoms with van der Waals surface area (Å²) in [6.07, 6.45) is -2.58. The Morgan fingerprint density at radius 2 is 1.90 bits per heavy atom. The van der Waals surface area contributed by atoms with Gasteiger partial charge in [-0.25, -0.2) is 8.78 Å². The van der Waals surface area contributed by atoms with E-state index in [4.69, 9.17) is 10.5 Å². The predicted molar refractivity (Wildman–Crippen MR) is 76.9 cm³/mol. The van der Waals surface area contributed by atoms with Crippen LogP contribution in [-0.2, 0) is 0 Å². The van der Waals surface area contributed by atoms with Crippen LogP contribution in [0.25, 0.3) is 0 Å². The second-order valence-electron chi connectivity index (χ2n) is 4.38. The molecule has 20 heavy (non-hydrogen) atoms. The Bertz CT molecular complexity index is 602. The summed E-state index contributed by atoms with van der Waals surface area (Å²) in [6, 6.07) is 11.7. The molecular formula is C15H16F2N2O.